The molecule has 17 heavy (non-hydrogen) atoms. The van der Waals surface area contributed by atoms with Gasteiger partial charge in [-0.05, 0) is 30.5 Å². The van der Waals surface area contributed by atoms with Crippen molar-refractivity contribution in [2.75, 3.05) is 25.9 Å². The summed E-state index contributed by atoms with van der Waals surface area (Å²) in [6.45, 7) is 4.11. The first-order valence-corrected chi connectivity index (χ1v) is 5.99. The van der Waals surface area contributed by atoms with E-state index in [1.807, 2.05) is 31.0 Å². The van der Waals surface area contributed by atoms with Gasteiger partial charge in [0, 0.05) is 32.4 Å². The molecule has 2 rings (SSSR count). The third kappa shape index (κ3) is 2.20. The summed E-state index contributed by atoms with van der Waals surface area (Å²) in [6.07, 6.45) is 0.893. The maximum absolute atomic E-state index is 12.1. The topological polar surface area (TPSA) is 49.6 Å². The lowest BCUT2D eigenvalue weighted by Crippen LogP contribution is -2.43. The minimum Gasteiger partial charge on any atom is -0.398 e. The molecule has 0 atom stereocenters. The summed E-state index contributed by atoms with van der Waals surface area (Å²) in [7, 11) is 1.83. The number of hydrogen-bond acceptors (Lipinski definition) is 2. The van der Waals surface area contributed by atoms with E-state index in [4.69, 9.17) is 5.73 Å². The highest BCUT2D eigenvalue weighted by molar-refractivity contribution is 5.75. The molecule has 92 valence electrons. The van der Waals surface area contributed by atoms with Crippen LogP contribution in [0.25, 0.3) is 0 Å². The first-order valence-electron chi connectivity index (χ1n) is 5.99. The van der Waals surface area contributed by atoms with Crippen LogP contribution in [-0.4, -0.2) is 36.0 Å². The molecule has 4 heteroatoms. The fraction of sp³-hybridized carbons (Fsp3) is 0.462. The number of benzene rings is 1. The predicted octanol–water partition coefficient (Wildman–Crippen LogP) is 1.70. The highest BCUT2D eigenvalue weighted by atomic mass is 16.2. The van der Waals surface area contributed by atoms with Gasteiger partial charge in [0.25, 0.3) is 0 Å². The van der Waals surface area contributed by atoms with E-state index in [2.05, 4.69) is 6.07 Å². The van der Waals surface area contributed by atoms with Crippen molar-refractivity contribution in [2.45, 2.75) is 19.9 Å². The second-order valence-electron chi connectivity index (χ2n) is 4.45. The van der Waals surface area contributed by atoms with Crippen LogP contribution in [0.2, 0.25) is 0 Å². The third-order valence-corrected chi connectivity index (χ3v) is 3.38. The number of fused-ring (bicyclic) bond motifs is 1. The summed E-state index contributed by atoms with van der Waals surface area (Å²) in [5, 5.41) is 0. The van der Waals surface area contributed by atoms with Crippen molar-refractivity contribution in [2.24, 2.45) is 0 Å². The van der Waals surface area contributed by atoms with Crippen LogP contribution in [-0.2, 0) is 13.0 Å². The Morgan fingerprint density at radius 1 is 1.53 bits per heavy atom. The van der Waals surface area contributed by atoms with Crippen molar-refractivity contribution < 1.29 is 4.79 Å². The second-order valence-corrected chi connectivity index (χ2v) is 4.45. The maximum Gasteiger partial charge on any atom is 0.320 e. The van der Waals surface area contributed by atoms with Crippen LogP contribution >= 0.6 is 0 Å². The lowest BCUT2D eigenvalue weighted by atomic mass is 9.98. The van der Waals surface area contributed by atoms with Crippen LogP contribution in [0.1, 0.15) is 18.1 Å². The summed E-state index contributed by atoms with van der Waals surface area (Å²) >= 11 is 0. The molecule has 0 aliphatic carbocycles. The first-order chi connectivity index (χ1) is 8.13. The zero-order valence-corrected chi connectivity index (χ0v) is 10.4. The molecule has 1 aromatic carbocycles. The molecule has 2 amide bonds. The Morgan fingerprint density at radius 2 is 2.29 bits per heavy atom. The molecule has 0 spiro atoms. The molecule has 0 aromatic heterocycles. The molecule has 0 saturated heterocycles. The molecular weight excluding hydrogens is 214 g/mol. The van der Waals surface area contributed by atoms with Crippen LogP contribution in [0.4, 0.5) is 10.5 Å². The van der Waals surface area contributed by atoms with Crippen molar-refractivity contribution in [1.82, 2.24) is 9.80 Å². The van der Waals surface area contributed by atoms with Crippen molar-refractivity contribution in [3.63, 3.8) is 0 Å². The zero-order chi connectivity index (χ0) is 12.4. The van der Waals surface area contributed by atoms with Gasteiger partial charge >= 0.3 is 6.03 Å². The van der Waals surface area contributed by atoms with Gasteiger partial charge in [-0.25, -0.2) is 4.79 Å². The highest BCUT2D eigenvalue weighted by Crippen LogP contribution is 2.24. The number of nitrogens with zero attached hydrogens (tertiary/aromatic N) is 2. The fourth-order valence-corrected chi connectivity index (χ4v) is 2.15. The molecule has 4 nitrogen and oxygen atoms in total. The lowest BCUT2D eigenvalue weighted by molar-refractivity contribution is 0.159. The summed E-state index contributed by atoms with van der Waals surface area (Å²) in [4.78, 5) is 15.7. The molecule has 0 saturated carbocycles. The first kappa shape index (κ1) is 11.8. The molecular formula is C13H19N3O. The van der Waals surface area contributed by atoms with E-state index in [1.165, 1.54) is 5.56 Å². The van der Waals surface area contributed by atoms with Crippen LogP contribution in [0, 0.1) is 0 Å². The number of hydrogen-bond donors (Lipinski definition) is 1. The van der Waals surface area contributed by atoms with Gasteiger partial charge in [0.05, 0.1) is 0 Å². The minimum atomic E-state index is 0.0846. The summed E-state index contributed by atoms with van der Waals surface area (Å²) in [5.74, 6) is 0. The molecule has 0 fully saturated rings. The molecule has 0 bridgehead atoms. The molecule has 2 N–H and O–H groups in total. The Balaban J connectivity index is 2.18. The van der Waals surface area contributed by atoms with Crippen molar-refractivity contribution in [3.05, 3.63) is 29.3 Å². The average molecular weight is 233 g/mol. The Bertz CT molecular complexity index is 431. The van der Waals surface area contributed by atoms with Gasteiger partial charge in [0.15, 0.2) is 0 Å². The molecule has 1 aliphatic heterocycles. The Labute approximate surface area is 102 Å². The highest BCUT2D eigenvalue weighted by Gasteiger charge is 2.23. The van der Waals surface area contributed by atoms with E-state index in [1.54, 1.807) is 4.90 Å². The standard InChI is InChI=1S/C13H19N3O/c1-3-15(2)13(17)16-8-7-10-5-4-6-12(14)11(10)9-16/h4-6H,3,7-9,14H2,1-2H3. The number of carbonyl (C=O) groups is 1. The Kier molecular flexibility index (Phi) is 3.22. The van der Waals surface area contributed by atoms with Gasteiger partial charge in [0.1, 0.15) is 0 Å². The van der Waals surface area contributed by atoms with Gasteiger partial charge < -0.3 is 15.5 Å². The van der Waals surface area contributed by atoms with E-state index in [0.717, 1.165) is 30.8 Å². The summed E-state index contributed by atoms with van der Waals surface area (Å²) in [5.41, 5.74) is 9.13. The number of carbonyl (C=O) groups excluding carboxylic acids is 1. The lowest BCUT2D eigenvalue weighted by Gasteiger charge is -2.32. The average Bonchev–Trinajstić information content (AvgIpc) is 2.37. The monoisotopic (exact) mass is 233 g/mol. The van der Waals surface area contributed by atoms with E-state index in [9.17, 15) is 4.79 Å². The zero-order valence-electron chi connectivity index (χ0n) is 10.4. The van der Waals surface area contributed by atoms with E-state index < -0.39 is 0 Å². The van der Waals surface area contributed by atoms with Crippen LogP contribution in [0.3, 0.4) is 0 Å². The van der Waals surface area contributed by atoms with E-state index >= 15 is 0 Å². The van der Waals surface area contributed by atoms with Gasteiger partial charge in [-0.2, -0.15) is 0 Å². The van der Waals surface area contributed by atoms with Gasteiger partial charge in [-0.15, -0.1) is 0 Å². The third-order valence-electron chi connectivity index (χ3n) is 3.38. The van der Waals surface area contributed by atoms with E-state index in [0.29, 0.717) is 6.54 Å². The number of nitrogen functional groups attached to an aromatic ring is 1. The SMILES string of the molecule is CCN(C)C(=O)N1CCc2cccc(N)c2C1. The van der Waals surface area contributed by atoms with Crippen LogP contribution in [0.15, 0.2) is 18.2 Å². The van der Waals surface area contributed by atoms with Gasteiger partial charge in [0.2, 0.25) is 0 Å². The van der Waals surface area contributed by atoms with Gasteiger partial charge in [-0.3, -0.25) is 0 Å². The predicted molar refractivity (Wildman–Crippen MR) is 68.7 cm³/mol. The number of amides is 2. The van der Waals surface area contributed by atoms with Crippen LogP contribution in [0.5, 0.6) is 0 Å². The number of rotatable bonds is 1. The molecule has 1 heterocycles. The largest absolute Gasteiger partial charge is 0.398 e. The normalized spacial score (nSPS) is 14.4. The molecule has 1 aliphatic rings. The fourth-order valence-electron chi connectivity index (χ4n) is 2.15. The number of anilines is 1. The number of nitrogens with two attached hydrogens (primary N) is 1. The van der Waals surface area contributed by atoms with Crippen LogP contribution < -0.4 is 5.73 Å². The molecule has 1 aromatic rings. The van der Waals surface area contributed by atoms with E-state index in [-0.39, 0.29) is 6.03 Å². The maximum atomic E-state index is 12.1. The molecule has 0 unspecified atom stereocenters. The second kappa shape index (κ2) is 4.65. The Morgan fingerprint density at radius 3 is 3.00 bits per heavy atom. The van der Waals surface area contributed by atoms with Crippen molar-refractivity contribution >= 4 is 11.7 Å². The summed E-state index contributed by atoms with van der Waals surface area (Å²) < 4.78 is 0. The number of urea groups is 1. The van der Waals surface area contributed by atoms with Crippen molar-refractivity contribution in [3.8, 4) is 0 Å². The van der Waals surface area contributed by atoms with Crippen molar-refractivity contribution in [1.29, 1.82) is 0 Å². The minimum absolute atomic E-state index is 0.0846. The quantitative estimate of drug-likeness (QED) is 0.750. The Hall–Kier alpha value is -1.71. The van der Waals surface area contributed by atoms with Gasteiger partial charge in [-0.1, -0.05) is 12.1 Å². The summed E-state index contributed by atoms with van der Waals surface area (Å²) in [6, 6.07) is 6.05. The molecule has 0 radical (unpaired) electrons. The smallest absolute Gasteiger partial charge is 0.320 e.